The van der Waals surface area contributed by atoms with Crippen molar-refractivity contribution in [3.8, 4) is 0 Å². The topological polar surface area (TPSA) is 58.4 Å². The molecule has 2 unspecified atom stereocenters. The highest BCUT2D eigenvalue weighted by Crippen LogP contribution is 2.28. The van der Waals surface area contributed by atoms with Gasteiger partial charge in [0.2, 0.25) is 0 Å². The third-order valence-electron chi connectivity index (χ3n) is 4.26. The van der Waals surface area contributed by atoms with Crippen molar-refractivity contribution in [1.29, 1.82) is 0 Å². The van der Waals surface area contributed by atoms with E-state index >= 15 is 0 Å². The normalized spacial score (nSPS) is 22.6. The lowest BCUT2D eigenvalue weighted by Gasteiger charge is -2.37. The van der Waals surface area contributed by atoms with Gasteiger partial charge in [0.1, 0.15) is 0 Å². The minimum absolute atomic E-state index is 0.446. The Morgan fingerprint density at radius 2 is 1.73 bits per heavy atom. The number of piperazine rings is 1. The van der Waals surface area contributed by atoms with Crippen molar-refractivity contribution in [2.75, 3.05) is 18.0 Å². The lowest BCUT2D eigenvalue weighted by atomic mass is 10.1. The number of hydrogen-bond donors (Lipinski definition) is 1. The summed E-state index contributed by atoms with van der Waals surface area (Å²) in [7, 11) is 0. The number of benzene rings is 1. The van der Waals surface area contributed by atoms with Crippen LogP contribution < -0.4 is 10.2 Å². The first-order valence-corrected chi connectivity index (χ1v) is 7.75. The summed E-state index contributed by atoms with van der Waals surface area (Å²) in [6, 6.07) is 9.21. The first-order valence-electron chi connectivity index (χ1n) is 7.75. The molecule has 3 heterocycles. The van der Waals surface area contributed by atoms with E-state index in [0.29, 0.717) is 12.1 Å². The summed E-state index contributed by atoms with van der Waals surface area (Å²) in [6.07, 6.45) is 0. The molecule has 114 valence electrons. The number of hydrogen-bond acceptors (Lipinski definition) is 5. The van der Waals surface area contributed by atoms with Crippen LogP contribution in [0.2, 0.25) is 0 Å². The summed E-state index contributed by atoms with van der Waals surface area (Å²) in [4.78, 5) is 2.37. The van der Waals surface area contributed by atoms with Crippen molar-refractivity contribution >= 4 is 22.2 Å². The van der Waals surface area contributed by atoms with Gasteiger partial charge >= 0.3 is 0 Å². The Labute approximate surface area is 129 Å². The van der Waals surface area contributed by atoms with Crippen LogP contribution in [0.1, 0.15) is 19.7 Å². The number of fused-ring (bicyclic) bond motifs is 3. The van der Waals surface area contributed by atoms with Gasteiger partial charge in [-0.15, -0.1) is 15.3 Å². The molecule has 2 aromatic heterocycles. The molecule has 0 amide bonds. The fourth-order valence-electron chi connectivity index (χ4n) is 3.40. The van der Waals surface area contributed by atoms with Crippen LogP contribution in [0.5, 0.6) is 0 Å². The van der Waals surface area contributed by atoms with E-state index in [1.165, 1.54) is 0 Å². The van der Waals surface area contributed by atoms with Gasteiger partial charge in [-0.3, -0.25) is 0 Å². The molecule has 0 bridgehead atoms. The highest BCUT2D eigenvalue weighted by Gasteiger charge is 2.24. The van der Waals surface area contributed by atoms with Gasteiger partial charge in [-0.25, -0.2) is 0 Å². The maximum Gasteiger partial charge on any atom is 0.185 e. The molecule has 0 radical (unpaired) electrons. The van der Waals surface area contributed by atoms with Gasteiger partial charge in [0, 0.05) is 35.9 Å². The van der Waals surface area contributed by atoms with E-state index in [-0.39, 0.29) is 0 Å². The first kappa shape index (κ1) is 13.5. The molecule has 1 fully saturated rings. The van der Waals surface area contributed by atoms with Gasteiger partial charge in [-0.2, -0.15) is 4.52 Å². The predicted molar refractivity (Wildman–Crippen MR) is 87.3 cm³/mol. The first-order chi connectivity index (χ1) is 10.6. The van der Waals surface area contributed by atoms with Gasteiger partial charge in [0.15, 0.2) is 17.3 Å². The molecule has 6 heteroatoms. The monoisotopic (exact) mass is 296 g/mol. The number of rotatable bonds is 1. The molecular formula is C16H20N6. The van der Waals surface area contributed by atoms with Gasteiger partial charge < -0.3 is 10.2 Å². The molecule has 0 spiro atoms. The summed E-state index contributed by atoms with van der Waals surface area (Å²) in [5.74, 6) is 1.84. The van der Waals surface area contributed by atoms with Crippen molar-refractivity contribution in [3.05, 3.63) is 30.1 Å². The second-order valence-corrected chi connectivity index (χ2v) is 6.23. The number of aryl methyl sites for hydroxylation is 1. The van der Waals surface area contributed by atoms with Crippen LogP contribution in [0.3, 0.4) is 0 Å². The number of anilines is 1. The Bertz CT molecular complexity index is 829. The van der Waals surface area contributed by atoms with Crippen LogP contribution in [-0.2, 0) is 0 Å². The Kier molecular flexibility index (Phi) is 3.00. The Morgan fingerprint density at radius 3 is 2.45 bits per heavy atom. The van der Waals surface area contributed by atoms with Crippen molar-refractivity contribution in [1.82, 2.24) is 25.1 Å². The third kappa shape index (κ3) is 2.02. The fraction of sp³-hybridized carbons (Fsp3) is 0.438. The number of aromatic nitrogens is 4. The van der Waals surface area contributed by atoms with Gasteiger partial charge in [-0.05, 0) is 20.8 Å². The largest absolute Gasteiger partial charge is 0.352 e. The SMILES string of the molecule is Cc1nnc2c3ccccc3c(N3CC(C)NC(C)C3)nn12. The lowest BCUT2D eigenvalue weighted by Crippen LogP contribution is -2.54. The summed E-state index contributed by atoms with van der Waals surface area (Å²) in [5, 5.41) is 19.1. The average molecular weight is 296 g/mol. The quantitative estimate of drug-likeness (QED) is 0.741. The Hall–Kier alpha value is -2.21. The van der Waals surface area contributed by atoms with E-state index in [1.54, 1.807) is 0 Å². The van der Waals surface area contributed by atoms with E-state index in [1.807, 2.05) is 17.5 Å². The molecule has 1 aliphatic rings. The minimum Gasteiger partial charge on any atom is -0.352 e. The van der Waals surface area contributed by atoms with E-state index in [4.69, 9.17) is 5.10 Å². The van der Waals surface area contributed by atoms with E-state index in [2.05, 4.69) is 52.5 Å². The summed E-state index contributed by atoms with van der Waals surface area (Å²) >= 11 is 0. The van der Waals surface area contributed by atoms with Crippen LogP contribution >= 0.6 is 0 Å². The van der Waals surface area contributed by atoms with Crippen LogP contribution in [0.4, 0.5) is 5.82 Å². The molecule has 1 aromatic carbocycles. The Morgan fingerprint density at radius 1 is 1.05 bits per heavy atom. The molecule has 0 aliphatic carbocycles. The van der Waals surface area contributed by atoms with E-state index < -0.39 is 0 Å². The Balaban J connectivity index is 1.96. The second-order valence-electron chi connectivity index (χ2n) is 6.23. The predicted octanol–water partition coefficient (Wildman–Crippen LogP) is 1.77. The molecule has 4 rings (SSSR count). The fourth-order valence-corrected chi connectivity index (χ4v) is 3.40. The number of nitrogens with zero attached hydrogens (tertiary/aromatic N) is 5. The molecule has 1 saturated heterocycles. The standard InChI is InChI=1S/C16H20N6/c1-10-8-21(9-11(2)17-10)16-14-7-5-4-6-13(14)15-19-18-12(3)22(15)20-16/h4-7,10-11,17H,8-9H2,1-3H3. The molecule has 22 heavy (non-hydrogen) atoms. The summed E-state index contributed by atoms with van der Waals surface area (Å²) in [6.45, 7) is 8.28. The molecular weight excluding hydrogens is 276 g/mol. The zero-order valence-corrected chi connectivity index (χ0v) is 13.1. The van der Waals surface area contributed by atoms with Crippen molar-refractivity contribution < 1.29 is 0 Å². The van der Waals surface area contributed by atoms with E-state index in [0.717, 1.165) is 41.2 Å². The molecule has 1 N–H and O–H groups in total. The van der Waals surface area contributed by atoms with Crippen LogP contribution in [0, 0.1) is 6.92 Å². The minimum atomic E-state index is 0.446. The molecule has 6 nitrogen and oxygen atoms in total. The van der Waals surface area contributed by atoms with Gasteiger partial charge in [-0.1, -0.05) is 24.3 Å². The van der Waals surface area contributed by atoms with Gasteiger partial charge in [0.25, 0.3) is 0 Å². The lowest BCUT2D eigenvalue weighted by molar-refractivity contribution is 0.405. The van der Waals surface area contributed by atoms with Gasteiger partial charge in [0.05, 0.1) is 0 Å². The summed E-state index contributed by atoms with van der Waals surface area (Å²) in [5.41, 5.74) is 0.827. The average Bonchev–Trinajstić information content (AvgIpc) is 2.87. The van der Waals surface area contributed by atoms with Crippen LogP contribution in [0.15, 0.2) is 24.3 Å². The molecule has 0 saturated carbocycles. The smallest absolute Gasteiger partial charge is 0.185 e. The highest BCUT2D eigenvalue weighted by molar-refractivity contribution is 6.00. The van der Waals surface area contributed by atoms with Crippen molar-refractivity contribution in [2.24, 2.45) is 0 Å². The zero-order chi connectivity index (χ0) is 15.3. The maximum absolute atomic E-state index is 4.85. The van der Waals surface area contributed by atoms with E-state index in [9.17, 15) is 0 Å². The second kappa shape index (κ2) is 4.91. The third-order valence-corrected chi connectivity index (χ3v) is 4.26. The highest BCUT2D eigenvalue weighted by atomic mass is 15.4. The summed E-state index contributed by atoms with van der Waals surface area (Å²) < 4.78 is 1.86. The molecule has 1 aliphatic heterocycles. The molecule has 2 atom stereocenters. The van der Waals surface area contributed by atoms with Crippen LogP contribution in [0.25, 0.3) is 16.4 Å². The zero-order valence-electron chi connectivity index (χ0n) is 13.1. The van der Waals surface area contributed by atoms with Crippen molar-refractivity contribution in [3.63, 3.8) is 0 Å². The van der Waals surface area contributed by atoms with Crippen molar-refractivity contribution in [2.45, 2.75) is 32.9 Å². The number of nitrogens with one attached hydrogen (secondary N) is 1. The van der Waals surface area contributed by atoms with Crippen LogP contribution in [-0.4, -0.2) is 45.0 Å². The maximum atomic E-state index is 4.85. The molecule has 3 aromatic rings.